The molecule has 90 valence electrons. The van der Waals surface area contributed by atoms with Crippen LogP contribution in [-0.2, 0) is 0 Å². The van der Waals surface area contributed by atoms with E-state index in [2.05, 4.69) is 42.7 Å². The third-order valence-corrected chi connectivity index (χ3v) is 4.65. The van der Waals surface area contributed by atoms with E-state index in [1.54, 1.807) is 0 Å². The molecule has 1 atom stereocenters. The highest BCUT2D eigenvalue weighted by Crippen LogP contribution is 2.30. The van der Waals surface area contributed by atoms with Crippen molar-refractivity contribution in [1.82, 2.24) is 14.8 Å². The highest BCUT2D eigenvalue weighted by Gasteiger charge is 2.26. The van der Waals surface area contributed by atoms with Crippen LogP contribution < -0.4 is 0 Å². The molecule has 0 spiro atoms. The molecule has 1 aromatic heterocycles. The topological polar surface area (TPSA) is 19.4 Å². The van der Waals surface area contributed by atoms with Crippen LogP contribution in [0.2, 0.25) is 0 Å². The second-order valence-corrected chi connectivity index (χ2v) is 6.11. The summed E-state index contributed by atoms with van der Waals surface area (Å²) in [4.78, 5) is 10.8. The normalized spacial score (nSPS) is 24.2. The predicted octanol–water partition coefficient (Wildman–Crippen LogP) is 2.18. The van der Waals surface area contributed by atoms with Crippen molar-refractivity contribution in [3.8, 4) is 0 Å². The monoisotopic (exact) mass is 239 g/mol. The van der Waals surface area contributed by atoms with Crippen LogP contribution in [0, 0.1) is 0 Å². The van der Waals surface area contributed by atoms with Crippen molar-refractivity contribution in [1.29, 1.82) is 0 Å². The van der Waals surface area contributed by atoms with E-state index >= 15 is 0 Å². The van der Waals surface area contributed by atoms with Crippen LogP contribution in [0.4, 0.5) is 0 Å². The summed E-state index contributed by atoms with van der Waals surface area (Å²) in [5.74, 6) is 0.595. The molecule has 2 rings (SSSR count). The Kier molecular flexibility index (Phi) is 3.62. The van der Waals surface area contributed by atoms with Gasteiger partial charge in [0.1, 0.15) is 5.01 Å². The van der Waals surface area contributed by atoms with Crippen molar-refractivity contribution in [3.05, 3.63) is 16.1 Å². The fraction of sp³-hybridized carbons (Fsp3) is 0.750. The fourth-order valence-corrected chi connectivity index (χ4v) is 3.08. The maximum Gasteiger partial charge on any atom is 0.111 e. The molecule has 0 aliphatic carbocycles. The molecule has 1 aliphatic heterocycles. The van der Waals surface area contributed by atoms with Gasteiger partial charge in [-0.1, -0.05) is 13.8 Å². The van der Waals surface area contributed by atoms with Crippen molar-refractivity contribution in [3.63, 3.8) is 0 Å². The van der Waals surface area contributed by atoms with E-state index in [4.69, 9.17) is 0 Å². The van der Waals surface area contributed by atoms with Crippen molar-refractivity contribution in [2.24, 2.45) is 0 Å². The van der Waals surface area contributed by atoms with E-state index in [1.165, 1.54) is 9.88 Å². The molecule has 0 N–H and O–H groups in total. The molecule has 1 saturated heterocycles. The molecule has 1 fully saturated rings. The van der Waals surface area contributed by atoms with Gasteiger partial charge in [0.2, 0.25) is 0 Å². The first-order valence-corrected chi connectivity index (χ1v) is 6.74. The molecule has 0 aromatic carbocycles. The quantitative estimate of drug-likeness (QED) is 0.788. The van der Waals surface area contributed by atoms with Crippen molar-refractivity contribution in [2.45, 2.75) is 25.8 Å². The number of hydrogen-bond acceptors (Lipinski definition) is 4. The zero-order valence-corrected chi connectivity index (χ0v) is 11.4. The Labute approximate surface area is 102 Å². The van der Waals surface area contributed by atoms with Crippen LogP contribution in [0.25, 0.3) is 0 Å². The van der Waals surface area contributed by atoms with Crippen molar-refractivity contribution < 1.29 is 0 Å². The van der Waals surface area contributed by atoms with Gasteiger partial charge in [-0.3, -0.25) is 4.90 Å². The van der Waals surface area contributed by atoms with Gasteiger partial charge in [-0.05, 0) is 20.0 Å². The number of likely N-dealkylation sites (N-methyl/N-ethyl adjacent to an activating group) is 2. The van der Waals surface area contributed by atoms with Gasteiger partial charge in [-0.15, -0.1) is 11.3 Å². The standard InChI is InChI=1S/C12H21N3S/c1-9(2)11-7-13-12(16-11)10-8-14(3)5-6-15(10)4/h7,9-10H,5-6,8H2,1-4H3. The summed E-state index contributed by atoms with van der Waals surface area (Å²) >= 11 is 1.87. The lowest BCUT2D eigenvalue weighted by atomic mass is 10.2. The molecule has 4 heteroatoms. The van der Waals surface area contributed by atoms with Gasteiger partial charge in [0, 0.05) is 30.7 Å². The van der Waals surface area contributed by atoms with E-state index < -0.39 is 0 Å². The smallest absolute Gasteiger partial charge is 0.111 e. The van der Waals surface area contributed by atoms with Crippen LogP contribution in [0.15, 0.2) is 6.20 Å². The molecule has 0 radical (unpaired) electrons. The molecule has 0 saturated carbocycles. The molecule has 2 heterocycles. The van der Waals surface area contributed by atoms with Crippen LogP contribution in [0.5, 0.6) is 0 Å². The largest absolute Gasteiger partial charge is 0.303 e. The van der Waals surface area contributed by atoms with E-state index in [1.807, 2.05) is 17.5 Å². The van der Waals surface area contributed by atoms with Crippen LogP contribution in [0.3, 0.4) is 0 Å². The summed E-state index contributed by atoms with van der Waals surface area (Å²) in [7, 11) is 4.39. The Morgan fingerprint density at radius 3 is 2.75 bits per heavy atom. The zero-order chi connectivity index (χ0) is 11.7. The third-order valence-electron chi connectivity index (χ3n) is 3.25. The van der Waals surface area contributed by atoms with E-state index in [-0.39, 0.29) is 0 Å². The minimum Gasteiger partial charge on any atom is -0.303 e. The average Bonchev–Trinajstić information content (AvgIpc) is 2.70. The molecule has 3 nitrogen and oxygen atoms in total. The first-order chi connectivity index (χ1) is 7.58. The van der Waals surface area contributed by atoms with Crippen LogP contribution >= 0.6 is 11.3 Å². The van der Waals surface area contributed by atoms with Gasteiger partial charge < -0.3 is 4.90 Å². The lowest BCUT2D eigenvalue weighted by Crippen LogP contribution is -2.44. The Balaban J connectivity index is 2.15. The maximum absolute atomic E-state index is 4.60. The van der Waals surface area contributed by atoms with E-state index in [0.717, 1.165) is 19.6 Å². The summed E-state index contributed by atoms with van der Waals surface area (Å²) in [6.45, 7) is 7.86. The summed E-state index contributed by atoms with van der Waals surface area (Å²) in [5, 5.41) is 1.28. The highest BCUT2D eigenvalue weighted by atomic mass is 32.1. The minimum absolute atomic E-state index is 0.483. The number of hydrogen-bond donors (Lipinski definition) is 0. The predicted molar refractivity (Wildman–Crippen MR) is 69.1 cm³/mol. The van der Waals surface area contributed by atoms with Gasteiger partial charge in [0.15, 0.2) is 0 Å². The van der Waals surface area contributed by atoms with Crippen LogP contribution in [-0.4, -0.2) is 48.5 Å². The van der Waals surface area contributed by atoms with Crippen molar-refractivity contribution in [2.75, 3.05) is 33.7 Å². The highest BCUT2D eigenvalue weighted by molar-refractivity contribution is 7.11. The number of thiazole rings is 1. The lowest BCUT2D eigenvalue weighted by Gasteiger charge is -2.36. The Hall–Kier alpha value is -0.450. The Bertz CT molecular complexity index is 348. The van der Waals surface area contributed by atoms with Gasteiger partial charge >= 0.3 is 0 Å². The number of nitrogens with zero attached hydrogens (tertiary/aromatic N) is 3. The summed E-state index contributed by atoms with van der Waals surface area (Å²) < 4.78 is 0. The van der Waals surface area contributed by atoms with Gasteiger partial charge in [-0.25, -0.2) is 4.98 Å². The number of rotatable bonds is 2. The Morgan fingerprint density at radius 2 is 2.12 bits per heavy atom. The Morgan fingerprint density at radius 1 is 1.38 bits per heavy atom. The lowest BCUT2D eigenvalue weighted by molar-refractivity contribution is 0.115. The molecular formula is C12H21N3S. The molecule has 1 unspecified atom stereocenters. The molecule has 0 bridgehead atoms. The molecule has 16 heavy (non-hydrogen) atoms. The summed E-state index contributed by atoms with van der Waals surface area (Å²) in [6.07, 6.45) is 2.05. The van der Waals surface area contributed by atoms with Crippen molar-refractivity contribution >= 4 is 11.3 Å². The molecule has 1 aromatic rings. The number of piperazine rings is 1. The maximum atomic E-state index is 4.60. The summed E-state index contributed by atoms with van der Waals surface area (Å²) in [5.41, 5.74) is 0. The average molecular weight is 239 g/mol. The molecular weight excluding hydrogens is 218 g/mol. The van der Waals surface area contributed by atoms with Crippen LogP contribution in [0.1, 0.15) is 35.7 Å². The third kappa shape index (κ3) is 2.44. The SMILES string of the molecule is CC(C)c1cnc(C2CN(C)CCN2C)s1. The van der Waals surface area contributed by atoms with E-state index in [9.17, 15) is 0 Å². The zero-order valence-electron chi connectivity index (χ0n) is 10.6. The second-order valence-electron chi connectivity index (χ2n) is 5.01. The minimum atomic E-state index is 0.483. The first kappa shape index (κ1) is 12.0. The van der Waals surface area contributed by atoms with Gasteiger partial charge in [-0.2, -0.15) is 0 Å². The second kappa shape index (κ2) is 4.82. The van der Waals surface area contributed by atoms with Gasteiger partial charge in [0.25, 0.3) is 0 Å². The number of aromatic nitrogens is 1. The summed E-state index contributed by atoms with van der Waals surface area (Å²) in [6, 6.07) is 0.483. The fourth-order valence-electron chi connectivity index (χ4n) is 2.00. The molecule has 0 amide bonds. The first-order valence-electron chi connectivity index (χ1n) is 5.92. The van der Waals surface area contributed by atoms with Gasteiger partial charge in [0.05, 0.1) is 6.04 Å². The van der Waals surface area contributed by atoms with E-state index in [0.29, 0.717) is 12.0 Å². The molecule has 1 aliphatic rings.